The second kappa shape index (κ2) is 9.75. The van der Waals surface area contributed by atoms with Crippen LogP contribution in [0.5, 0.6) is 5.75 Å². The molecule has 0 atom stereocenters. The number of aryl methyl sites for hydroxylation is 2. The summed E-state index contributed by atoms with van der Waals surface area (Å²) in [5.41, 5.74) is 1.59. The summed E-state index contributed by atoms with van der Waals surface area (Å²) in [6.45, 7) is 2.07. The van der Waals surface area contributed by atoms with Crippen LogP contribution in [-0.4, -0.2) is 41.0 Å². The van der Waals surface area contributed by atoms with E-state index in [1.807, 2.05) is 30.3 Å². The molecule has 10 heteroatoms. The minimum absolute atomic E-state index is 0.0971. The van der Waals surface area contributed by atoms with E-state index in [1.165, 1.54) is 13.2 Å². The van der Waals surface area contributed by atoms with Crippen LogP contribution in [0.2, 0.25) is 0 Å². The lowest BCUT2D eigenvalue weighted by Crippen LogP contribution is -2.16. The van der Waals surface area contributed by atoms with E-state index in [4.69, 9.17) is 9.47 Å². The molecule has 0 unspecified atom stereocenters. The Kier molecular flexibility index (Phi) is 6.74. The quantitative estimate of drug-likeness (QED) is 0.363. The van der Waals surface area contributed by atoms with Crippen LogP contribution in [-0.2, 0) is 18.0 Å². The highest BCUT2D eigenvalue weighted by Gasteiger charge is 2.31. The summed E-state index contributed by atoms with van der Waals surface area (Å²) in [6, 6.07) is 13.8. The molecule has 0 saturated heterocycles. The Bertz CT molecular complexity index is 1370. The number of amides is 1. The normalized spacial score (nSPS) is 11.6. The number of pyridine rings is 1. The highest BCUT2D eigenvalue weighted by atomic mass is 19.4. The van der Waals surface area contributed by atoms with Crippen molar-refractivity contribution in [2.75, 3.05) is 25.6 Å². The van der Waals surface area contributed by atoms with Crippen molar-refractivity contribution in [3.8, 4) is 17.0 Å². The van der Waals surface area contributed by atoms with Gasteiger partial charge in [-0.1, -0.05) is 30.3 Å². The second-order valence-corrected chi connectivity index (χ2v) is 7.83. The molecule has 0 radical (unpaired) electrons. The van der Waals surface area contributed by atoms with Gasteiger partial charge in [-0.3, -0.25) is 9.48 Å². The van der Waals surface area contributed by atoms with E-state index in [-0.39, 0.29) is 30.2 Å². The molecule has 0 aliphatic heterocycles. The molecule has 0 bridgehead atoms. The fourth-order valence-corrected chi connectivity index (χ4v) is 3.74. The van der Waals surface area contributed by atoms with Gasteiger partial charge in [0.05, 0.1) is 40.2 Å². The van der Waals surface area contributed by atoms with Gasteiger partial charge < -0.3 is 14.8 Å². The number of ether oxygens (including phenoxy) is 2. The standard InChI is InChI=1S/C25H23F3N4O3/c1-15-22-18(14-19(16-7-5-4-6-8-16)29-23(22)32(2)31-15)24(33)30-20-13-17(25(26,27)28)9-10-21(20)35-12-11-34-3/h4-10,13-14H,11-12H2,1-3H3,(H,30,33). The summed E-state index contributed by atoms with van der Waals surface area (Å²) in [5.74, 6) is -0.513. The topological polar surface area (TPSA) is 78.3 Å². The monoisotopic (exact) mass is 484 g/mol. The zero-order valence-electron chi connectivity index (χ0n) is 19.3. The molecular weight excluding hydrogens is 461 g/mol. The van der Waals surface area contributed by atoms with Gasteiger partial charge in [-0.25, -0.2) is 4.98 Å². The third kappa shape index (κ3) is 5.12. The number of aromatic nitrogens is 3. The summed E-state index contributed by atoms with van der Waals surface area (Å²) >= 11 is 0. The van der Waals surface area contributed by atoms with Crippen LogP contribution >= 0.6 is 0 Å². The molecule has 0 saturated carbocycles. The second-order valence-electron chi connectivity index (χ2n) is 7.83. The SMILES string of the molecule is COCCOc1ccc(C(F)(F)F)cc1NC(=O)c1cc(-c2ccccc2)nc2c1c(C)nn2C. The maximum atomic E-state index is 13.5. The molecule has 0 aliphatic carbocycles. The Morgan fingerprint density at radius 2 is 1.83 bits per heavy atom. The van der Waals surface area contributed by atoms with Crippen molar-refractivity contribution < 1.29 is 27.4 Å². The molecule has 1 amide bonds. The molecule has 0 aliphatic rings. The average molecular weight is 484 g/mol. The summed E-state index contributed by atoms with van der Waals surface area (Å²) in [4.78, 5) is 18.1. The molecule has 182 valence electrons. The lowest BCUT2D eigenvalue weighted by Gasteiger charge is -2.16. The molecular formula is C25H23F3N4O3. The van der Waals surface area contributed by atoms with Crippen molar-refractivity contribution in [2.24, 2.45) is 7.05 Å². The minimum Gasteiger partial charge on any atom is -0.489 e. The number of carbonyl (C=O) groups excluding carboxylic acids is 1. The van der Waals surface area contributed by atoms with E-state index in [2.05, 4.69) is 15.4 Å². The van der Waals surface area contributed by atoms with Crippen LogP contribution in [0.4, 0.5) is 18.9 Å². The van der Waals surface area contributed by atoms with Crippen LogP contribution < -0.4 is 10.1 Å². The number of benzene rings is 2. The van der Waals surface area contributed by atoms with Gasteiger partial charge in [0.1, 0.15) is 12.4 Å². The Morgan fingerprint density at radius 3 is 2.51 bits per heavy atom. The van der Waals surface area contributed by atoms with Crippen LogP contribution in [0.3, 0.4) is 0 Å². The fourth-order valence-electron chi connectivity index (χ4n) is 3.74. The van der Waals surface area contributed by atoms with Crippen molar-refractivity contribution in [2.45, 2.75) is 13.1 Å². The third-order valence-corrected chi connectivity index (χ3v) is 5.38. The van der Waals surface area contributed by atoms with Crippen molar-refractivity contribution >= 4 is 22.6 Å². The number of methoxy groups -OCH3 is 1. The van der Waals surface area contributed by atoms with Gasteiger partial charge in [-0.15, -0.1) is 0 Å². The summed E-state index contributed by atoms with van der Waals surface area (Å²) < 4.78 is 52.2. The molecule has 0 fully saturated rings. The summed E-state index contributed by atoms with van der Waals surface area (Å²) in [7, 11) is 3.20. The number of nitrogens with one attached hydrogen (secondary N) is 1. The maximum Gasteiger partial charge on any atom is 0.416 e. The minimum atomic E-state index is -4.59. The molecule has 0 spiro atoms. The molecule has 1 N–H and O–H groups in total. The lowest BCUT2D eigenvalue weighted by molar-refractivity contribution is -0.137. The molecule has 2 aromatic heterocycles. The fraction of sp³-hybridized carbons (Fsp3) is 0.240. The number of hydrogen-bond donors (Lipinski definition) is 1. The first-order chi connectivity index (χ1) is 16.7. The number of halogens is 3. The Labute approximate surface area is 199 Å². The van der Waals surface area contributed by atoms with E-state index < -0.39 is 17.6 Å². The van der Waals surface area contributed by atoms with E-state index in [9.17, 15) is 18.0 Å². The lowest BCUT2D eigenvalue weighted by atomic mass is 10.0. The van der Waals surface area contributed by atoms with Gasteiger partial charge >= 0.3 is 6.18 Å². The van der Waals surface area contributed by atoms with E-state index >= 15 is 0 Å². The molecule has 7 nitrogen and oxygen atoms in total. The van der Waals surface area contributed by atoms with Gasteiger partial charge in [0.15, 0.2) is 5.65 Å². The highest BCUT2D eigenvalue weighted by molar-refractivity contribution is 6.13. The number of anilines is 1. The number of rotatable bonds is 7. The van der Waals surface area contributed by atoms with Crippen molar-refractivity contribution in [1.29, 1.82) is 0 Å². The van der Waals surface area contributed by atoms with Gasteiger partial charge in [0, 0.05) is 19.7 Å². The predicted octanol–water partition coefficient (Wildman–Crippen LogP) is 5.24. The molecule has 35 heavy (non-hydrogen) atoms. The average Bonchev–Trinajstić information content (AvgIpc) is 3.12. The first-order valence-corrected chi connectivity index (χ1v) is 10.7. The van der Waals surface area contributed by atoms with Crippen molar-refractivity contribution in [3.63, 3.8) is 0 Å². The zero-order valence-corrected chi connectivity index (χ0v) is 19.3. The van der Waals surface area contributed by atoms with Crippen LogP contribution in [0.15, 0.2) is 54.6 Å². The largest absolute Gasteiger partial charge is 0.489 e. The Balaban J connectivity index is 1.79. The number of nitrogens with zero attached hydrogens (tertiary/aromatic N) is 3. The molecule has 4 rings (SSSR count). The first-order valence-electron chi connectivity index (χ1n) is 10.7. The number of alkyl halides is 3. The zero-order chi connectivity index (χ0) is 25.2. The third-order valence-electron chi connectivity index (χ3n) is 5.38. The predicted molar refractivity (Wildman–Crippen MR) is 125 cm³/mol. The van der Waals surface area contributed by atoms with E-state index in [0.717, 1.165) is 17.7 Å². The number of carbonyl (C=O) groups is 1. The Morgan fingerprint density at radius 1 is 1.09 bits per heavy atom. The maximum absolute atomic E-state index is 13.5. The van der Waals surface area contributed by atoms with Crippen molar-refractivity contribution in [1.82, 2.24) is 14.8 Å². The van der Waals surface area contributed by atoms with Gasteiger partial charge in [0.25, 0.3) is 5.91 Å². The molecule has 2 aromatic carbocycles. The van der Waals surface area contributed by atoms with Gasteiger partial charge in [0.2, 0.25) is 0 Å². The van der Waals surface area contributed by atoms with Crippen molar-refractivity contribution in [3.05, 3.63) is 71.4 Å². The Hall–Kier alpha value is -3.92. The molecule has 4 aromatic rings. The molecule has 2 heterocycles. The number of hydrogen-bond acceptors (Lipinski definition) is 5. The van der Waals surface area contributed by atoms with Gasteiger partial charge in [-0.2, -0.15) is 18.3 Å². The van der Waals surface area contributed by atoms with E-state index in [1.54, 1.807) is 24.7 Å². The number of fused-ring (bicyclic) bond motifs is 1. The summed E-state index contributed by atoms with van der Waals surface area (Å²) in [5, 5.41) is 7.49. The van der Waals surface area contributed by atoms with Crippen LogP contribution in [0, 0.1) is 6.92 Å². The smallest absolute Gasteiger partial charge is 0.416 e. The summed E-state index contributed by atoms with van der Waals surface area (Å²) in [6.07, 6.45) is -4.59. The van der Waals surface area contributed by atoms with Crippen LogP contribution in [0.1, 0.15) is 21.6 Å². The first kappa shape index (κ1) is 24.2. The van der Waals surface area contributed by atoms with Crippen LogP contribution in [0.25, 0.3) is 22.3 Å². The van der Waals surface area contributed by atoms with E-state index in [0.29, 0.717) is 22.4 Å². The van der Waals surface area contributed by atoms with Gasteiger partial charge in [-0.05, 0) is 31.2 Å². The highest BCUT2D eigenvalue weighted by Crippen LogP contribution is 2.36.